The van der Waals surface area contributed by atoms with Gasteiger partial charge in [-0.2, -0.15) is 0 Å². The van der Waals surface area contributed by atoms with E-state index in [0.29, 0.717) is 0 Å². The molecule has 2 rings (SSSR count). The van der Waals surface area contributed by atoms with Gasteiger partial charge >= 0.3 is 0 Å². The number of halogens is 3. The highest BCUT2D eigenvalue weighted by Gasteiger charge is 2.14. The summed E-state index contributed by atoms with van der Waals surface area (Å²) < 4.78 is 13.6. The SMILES string of the molecule is O=C(Nc1cccc(Cl)c1F)c1cc(Cl)ccc1O. The first-order chi connectivity index (χ1) is 8.99. The Bertz CT molecular complexity index is 647. The predicted molar refractivity (Wildman–Crippen MR) is 72.5 cm³/mol. The lowest BCUT2D eigenvalue weighted by Gasteiger charge is -2.08. The van der Waals surface area contributed by atoms with Gasteiger partial charge in [-0.05, 0) is 30.3 Å². The van der Waals surface area contributed by atoms with Gasteiger partial charge in [-0.3, -0.25) is 4.79 Å². The normalized spacial score (nSPS) is 10.3. The van der Waals surface area contributed by atoms with E-state index < -0.39 is 11.7 Å². The highest BCUT2D eigenvalue weighted by Crippen LogP contribution is 2.25. The fourth-order valence-corrected chi connectivity index (χ4v) is 1.83. The second-order valence-electron chi connectivity index (χ2n) is 3.72. The van der Waals surface area contributed by atoms with Crippen LogP contribution in [0.15, 0.2) is 36.4 Å². The van der Waals surface area contributed by atoms with Gasteiger partial charge in [0.2, 0.25) is 0 Å². The third kappa shape index (κ3) is 2.97. The van der Waals surface area contributed by atoms with Gasteiger partial charge in [0.05, 0.1) is 16.3 Å². The summed E-state index contributed by atoms with van der Waals surface area (Å²) in [5.41, 5.74) is -0.122. The van der Waals surface area contributed by atoms with Crippen LogP contribution in [0.25, 0.3) is 0 Å². The van der Waals surface area contributed by atoms with Crippen LogP contribution in [0.5, 0.6) is 5.75 Å². The van der Waals surface area contributed by atoms with Gasteiger partial charge in [-0.25, -0.2) is 4.39 Å². The largest absolute Gasteiger partial charge is 0.507 e. The smallest absolute Gasteiger partial charge is 0.259 e. The van der Waals surface area contributed by atoms with Crippen LogP contribution in [0.3, 0.4) is 0 Å². The number of hydrogen-bond acceptors (Lipinski definition) is 2. The Kier molecular flexibility index (Phi) is 3.93. The van der Waals surface area contributed by atoms with Gasteiger partial charge in [0.15, 0.2) is 5.82 Å². The number of hydrogen-bond donors (Lipinski definition) is 2. The minimum absolute atomic E-state index is 0.0492. The third-order valence-electron chi connectivity index (χ3n) is 2.40. The van der Waals surface area contributed by atoms with Crippen molar-refractivity contribution in [3.63, 3.8) is 0 Å². The maximum Gasteiger partial charge on any atom is 0.259 e. The van der Waals surface area contributed by atoms with Crippen LogP contribution < -0.4 is 5.32 Å². The fourth-order valence-electron chi connectivity index (χ4n) is 1.48. The first kappa shape index (κ1) is 13.6. The molecule has 0 saturated heterocycles. The maximum atomic E-state index is 13.6. The van der Waals surface area contributed by atoms with E-state index in [2.05, 4.69) is 5.32 Å². The molecule has 0 bridgehead atoms. The standard InChI is InChI=1S/C13H8Cl2FNO2/c14-7-4-5-11(18)8(6-7)13(19)17-10-3-1-2-9(15)12(10)16/h1-6,18H,(H,17,19). The van der Waals surface area contributed by atoms with Crippen molar-refractivity contribution in [1.82, 2.24) is 0 Å². The first-order valence-electron chi connectivity index (χ1n) is 5.23. The van der Waals surface area contributed by atoms with Gasteiger partial charge in [0, 0.05) is 5.02 Å². The Morgan fingerprint density at radius 2 is 1.95 bits per heavy atom. The van der Waals surface area contributed by atoms with Crippen LogP contribution in [0.4, 0.5) is 10.1 Å². The van der Waals surface area contributed by atoms with E-state index >= 15 is 0 Å². The van der Waals surface area contributed by atoms with Crippen LogP contribution in [-0.2, 0) is 0 Å². The fraction of sp³-hybridized carbons (Fsp3) is 0. The molecule has 1 amide bonds. The molecular weight excluding hydrogens is 292 g/mol. The molecule has 19 heavy (non-hydrogen) atoms. The summed E-state index contributed by atoms with van der Waals surface area (Å²) in [5, 5.41) is 12.1. The molecule has 0 aromatic heterocycles. The molecule has 0 spiro atoms. The molecule has 2 aromatic rings. The van der Waals surface area contributed by atoms with Gasteiger partial charge in [-0.1, -0.05) is 29.3 Å². The van der Waals surface area contributed by atoms with E-state index in [1.54, 1.807) is 0 Å². The molecule has 98 valence electrons. The Morgan fingerprint density at radius 3 is 2.68 bits per heavy atom. The van der Waals surface area contributed by atoms with Crippen LogP contribution in [0.1, 0.15) is 10.4 Å². The zero-order valence-electron chi connectivity index (χ0n) is 9.45. The Balaban J connectivity index is 2.31. The summed E-state index contributed by atoms with van der Waals surface area (Å²) in [6.07, 6.45) is 0. The van der Waals surface area contributed by atoms with Crippen molar-refractivity contribution in [3.05, 3.63) is 57.8 Å². The summed E-state index contributed by atoms with van der Waals surface area (Å²) in [6, 6.07) is 8.23. The summed E-state index contributed by atoms with van der Waals surface area (Å²) in [5.74, 6) is -1.66. The molecule has 3 nitrogen and oxygen atoms in total. The molecule has 2 N–H and O–H groups in total. The van der Waals surface area contributed by atoms with E-state index in [4.69, 9.17) is 23.2 Å². The molecule has 0 atom stereocenters. The molecule has 0 heterocycles. The molecule has 0 aliphatic heterocycles. The number of aromatic hydroxyl groups is 1. The van der Waals surface area contributed by atoms with Crippen LogP contribution in [-0.4, -0.2) is 11.0 Å². The van der Waals surface area contributed by atoms with Crippen molar-refractivity contribution >= 4 is 34.8 Å². The van der Waals surface area contributed by atoms with Gasteiger partial charge in [0.25, 0.3) is 5.91 Å². The second kappa shape index (κ2) is 5.47. The summed E-state index contributed by atoms with van der Waals surface area (Å²) in [6.45, 7) is 0. The first-order valence-corrected chi connectivity index (χ1v) is 5.98. The molecular formula is C13H8Cl2FNO2. The number of rotatable bonds is 2. The van der Waals surface area contributed by atoms with Crippen LogP contribution >= 0.6 is 23.2 Å². The number of benzene rings is 2. The molecule has 2 aromatic carbocycles. The molecule has 0 unspecified atom stereocenters. The lowest BCUT2D eigenvalue weighted by atomic mass is 10.2. The van der Waals surface area contributed by atoms with E-state index in [1.807, 2.05) is 0 Å². The highest BCUT2D eigenvalue weighted by atomic mass is 35.5. The number of amides is 1. The number of nitrogens with one attached hydrogen (secondary N) is 1. The Morgan fingerprint density at radius 1 is 1.21 bits per heavy atom. The number of phenols is 1. The average Bonchev–Trinajstić information content (AvgIpc) is 2.38. The topological polar surface area (TPSA) is 49.3 Å². The molecule has 0 radical (unpaired) electrons. The van der Waals surface area contributed by atoms with E-state index in [1.165, 1.54) is 36.4 Å². The van der Waals surface area contributed by atoms with E-state index in [9.17, 15) is 14.3 Å². The van der Waals surface area contributed by atoms with Crippen LogP contribution in [0.2, 0.25) is 10.0 Å². The lowest BCUT2D eigenvalue weighted by molar-refractivity contribution is 0.102. The second-order valence-corrected chi connectivity index (χ2v) is 4.56. The highest BCUT2D eigenvalue weighted by molar-refractivity contribution is 6.31. The van der Waals surface area contributed by atoms with Crippen molar-refractivity contribution in [1.29, 1.82) is 0 Å². The lowest BCUT2D eigenvalue weighted by Crippen LogP contribution is -2.13. The maximum absolute atomic E-state index is 13.6. The third-order valence-corrected chi connectivity index (χ3v) is 2.93. The Hall–Kier alpha value is -1.78. The molecule has 0 fully saturated rings. The minimum atomic E-state index is -0.737. The zero-order chi connectivity index (χ0) is 14.0. The number of anilines is 1. The quantitative estimate of drug-likeness (QED) is 0.877. The van der Waals surface area contributed by atoms with Crippen molar-refractivity contribution in [3.8, 4) is 5.75 Å². The van der Waals surface area contributed by atoms with Crippen molar-refractivity contribution < 1.29 is 14.3 Å². The van der Waals surface area contributed by atoms with Crippen molar-refractivity contribution in [2.45, 2.75) is 0 Å². The van der Waals surface area contributed by atoms with E-state index in [-0.39, 0.29) is 27.0 Å². The number of carbonyl (C=O) groups is 1. The molecule has 0 saturated carbocycles. The molecule has 0 aliphatic carbocycles. The van der Waals surface area contributed by atoms with Gasteiger partial charge in [0.1, 0.15) is 5.75 Å². The Labute approximate surface area is 118 Å². The summed E-state index contributed by atoms with van der Waals surface area (Å²) in [7, 11) is 0. The van der Waals surface area contributed by atoms with E-state index in [0.717, 1.165) is 0 Å². The van der Waals surface area contributed by atoms with Gasteiger partial charge in [-0.15, -0.1) is 0 Å². The molecule has 6 heteroatoms. The summed E-state index contributed by atoms with van der Waals surface area (Å²) in [4.78, 5) is 11.9. The summed E-state index contributed by atoms with van der Waals surface area (Å²) >= 11 is 11.3. The average molecular weight is 300 g/mol. The predicted octanol–water partition coefficient (Wildman–Crippen LogP) is 4.09. The van der Waals surface area contributed by atoms with Gasteiger partial charge < -0.3 is 10.4 Å². The number of carbonyl (C=O) groups excluding carboxylic acids is 1. The number of phenolic OH excluding ortho intramolecular Hbond substituents is 1. The minimum Gasteiger partial charge on any atom is -0.507 e. The monoisotopic (exact) mass is 299 g/mol. The van der Waals surface area contributed by atoms with Crippen molar-refractivity contribution in [2.24, 2.45) is 0 Å². The zero-order valence-corrected chi connectivity index (χ0v) is 11.0. The van der Waals surface area contributed by atoms with Crippen LogP contribution in [0, 0.1) is 5.82 Å². The van der Waals surface area contributed by atoms with Crippen molar-refractivity contribution in [2.75, 3.05) is 5.32 Å². The molecule has 0 aliphatic rings.